The maximum Gasteiger partial charge on any atom is 0.259 e. The Hall–Kier alpha value is -2.96. The molecule has 0 saturated carbocycles. The average molecular weight is 404 g/mol. The van der Waals surface area contributed by atoms with E-state index in [1.54, 1.807) is 11.3 Å². The summed E-state index contributed by atoms with van der Waals surface area (Å²) in [7, 11) is 0. The second kappa shape index (κ2) is 7.13. The molecule has 29 heavy (non-hydrogen) atoms. The van der Waals surface area contributed by atoms with E-state index in [1.165, 1.54) is 0 Å². The molecule has 0 radical (unpaired) electrons. The van der Waals surface area contributed by atoms with Crippen molar-refractivity contribution < 1.29 is 9.59 Å². The van der Waals surface area contributed by atoms with Crippen molar-refractivity contribution in [3.05, 3.63) is 58.3 Å². The molecule has 5 nitrogen and oxygen atoms in total. The molecule has 0 saturated heterocycles. The van der Waals surface area contributed by atoms with Crippen LogP contribution in [0.25, 0.3) is 32.9 Å². The van der Waals surface area contributed by atoms with Crippen LogP contribution < -0.4 is 10.6 Å². The van der Waals surface area contributed by atoms with E-state index in [4.69, 9.17) is 0 Å². The van der Waals surface area contributed by atoms with E-state index in [0.29, 0.717) is 11.1 Å². The number of hydrogen-bond acceptors (Lipinski definition) is 4. The van der Waals surface area contributed by atoms with Crippen molar-refractivity contribution in [2.75, 3.05) is 13.1 Å². The van der Waals surface area contributed by atoms with Crippen molar-refractivity contribution in [1.29, 1.82) is 0 Å². The van der Waals surface area contributed by atoms with Crippen LogP contribution in [-0.4, -0.2) is 29.5 Å². The van der Waals surface area contributed by atoms with Gasteiger partial charge >= 0.3 is 0 Å². The number of rotatable bonds is 6. The summed E-state index contributed by atoms with van der Waals surface area (Å²) in [6.45, 7) is 4.83. The van der Waals surface area contributed by atoms with Crippen LogP contribution in [0.15, 0.2) is 47.2 Å². The van der Waals surface area contributed by atoms with Gasteiger partial charge in [0.25, 0.3) is 11.8 Å². The standard InChI is InChI=1S/C23H21N3O2S/c1-2-24-9-5-10-26-17-7-4-3-6-15(17)19-18(26)12-16(14-8-11-29-13-14)20-21(19)23(28)25-22(20)27/h3-4,6-8,11-13,24H,2,5,9-10H2,1H3,(H,25,27,28). The lowest BCUT2D eigenvalue weighted by molar-refractivity contribution is 0.0880. The highest BCUT2D eigenvalue weighted by Gasteiger charge is 2.34. The zero-order chi connectivity index (χ0) is 20.0. The number of amides is 2. The van der Waals surface area contributed by atoms with Crippen molar-refractivity contribution in [3.63, 3.8) is 0 Å². The first-order valence-corrected chi connectivity index (χ1v) is 10.8. The molecular weight excluding hydrogens is 382 g/mol. The number of fused-ring (bicyclic) bond motifs is 5. The Morgan fingerprint density at radius 3 is 2.69 bits per heavy atom. The predicted molar refractivity (Wildman–Crippen MR) is 118 cm³/mol. The van der Waals surface area contributed by atoms with Gasteiger partial charge < -0.3 is 9.88 Å². The molecule has 2 amide bonds. The SMILES string of the molecule is CCNCCCn1c2ccccc2c2c3c(c(-c4ccsc4)cc21)C(=O)NC3=O. The second-order valence-electron chi connectivity index (χ2n) is 7.24. The summed E-state index contributed by atoms with van der Waals surface area (Å²) in [5, 5.41) is 11.8. The van der Waals surface area contributed by atoms with E-state index in [9.17, 15) is 9.59 Å². The molecule has 0 bridgehead atoms. The van der Waals surface area contributed by atoms with Crippen LogP contribution in [0.3, 0.4) is 0 Å². The van der Waals surface area contributed by atoms with Crippen LogP contribution in [-0.2, 0) is 6.54 Å². The van der Waals surface area contributed by atoms with Crippen molar-refractivity contribution in [2.24, 2.45) is 0 Å². The molecule has 2 N–H and O–H groups in total. The third-order valence-electron chi connectivity index (χ3n) is 5.56. The zero-order valence-electron chi connectivity index (χ0n) is 16.1. The molecular formula is C23H21N3O2S. The normalized spacial score (nSPS) is 13.4. The van der Waals surface area contributed by atoms with E-state index in [1.807, 2.05) is 35.0 Å². The highest BCUT2D eigenvalue weighted by molar-refractivity contribution is 7.08. The smallest absolute Gasteiger partial charge is 0.259 e. The van der Waals surface area contributed by atoms with Crippen LogP contribution in [0.4, 0.5) is 0 Å². The van der Waals surface area contributed by atoms with Crippen LogP contribution >= 0.6 is 11.3 Å². The molecule has 1 aliphatic heterocycles. The van der Waals surface area contributed by atoms with Crippen LogP contribution in [0.1, 0.15) is 34.1 Å². The van der Waals surface area contributed by atoms with Gasteiger partial charge in [0.2, 0.25) is 0 Å². The molecule has 2 aromatic heterocycles. The Labute approximate surface area is 172 Å². The van der Waals surface area contributed by atoms with Gasteiger partial charge in [0, 0.05) is 22.8 Å². The number of hydrogen-bond donors (Lipinski definition) is 2. The lowest BCUT2D eigenvalue weighted by atomic mass is 9.94. The number of imide groups is 1. The van der Waals surface area contributed by atoms with E-state index >= 15 is 0 Å². The third kappa shape index (κ3) is 2.79. The summed E-state index contributed by atoms with van der Waals surface area (Å²) in [6, 6.07) is 12.2. The van der Waals surface area contributed by atoms with Gasteiger partial charge in [-0.1, -0.05) is 25.1 Å². The molecule has 146 valence electrons. The Kier molecular flexibility index (Phi) is 4.45. The van der Waals surface area contributed by atoms with Gasteiger partial charge in [0.1, 0.15) is 0 Å². The van der Waals surface area contributed by atoms with Crippen molar-refractivity contribution >= 4 is 45.0 Å². The van der Waals surface area contributed by atoms with Gasteiger partial charge in [0.15, 0.2) is 0 Å². The van der Waals surface area contributed by atoms with E-state index < -0.39 is 0 Å². The number of benzene rings is 2. The molecule has 0 aliphatic carbocycles. The van der Waals surface area contributed by atoms with Crippen LogP contribution in [0.2, 0.25) is 0 Å². The molecule has 0 atom stereocenters. The summed E-state index contributed by atoms with van der Waals surface area (Å²) >= 11 is 1.58. The van der Waals surface area contributed by atoms with Gasteiger partial charge in [-0.2, -0.15) is 11.3 Å². The second-order valence-corrected chi connectivity index (χ2v) is 8.02. The fraction of sp³-hybridized carbons (Fsp3) is 0.217. The monoisotopic (exact) mass is 403 g/mol. The third-order valence-corrected chi connectivity index (χ3v) is 6.24. The van der Waals surface area contributed by atoms with Gasteiger partial charge in [-0.3, -0.25) is 14.9 Å². The number of nitrogens with one attached hydrogen (secondary N) is 2. The highest BCUT2D eigenvalue weighted by Crippen LogP contribution is 2.40. The summed E-state index contributed by atoms with van der Waals surface area (Å²) in [4.78, 5) is 25.5. The van der Waals surface area contributed by atoms with Crippen molar-refractivity contribution in [3.8, 4) is 11.1 Å². The molecule has 3 heterocycles. The van der Waals surface area contributed by atoms with Gasteiger partial charge in [-0.05, 0) is 59.6 Å². The molecule has 0 spiro atoms. The first kappa shape index (κ1) is 18.1. The molecule has 0 fully saturated rings. The summed E-state index contributed by atoms with van der Waals surface area (Å²) < 4.78 is 2.29. The first-order chi connectivity index (χ1) is 14.2. The minimum atomic E-state index is -0.308. The van der Waals surface area contributed by atoms with E-state index in [0.717, 1.165) is 59.0 Å². The van der Waals surface area contributed by atoms with Crippen LogP contribution in [0.5, 0.6) is 0 Å². The average Bonchev–Trinajstić information content (AvgIpc) is 3.43. The fourth-order valence-electron chi connectivity index (χ4n) is 4.32. The Balaban J connectivity index is 1.83. The lowest BCUT2D eigenvalue weighted by Gasteiger charge is -2.11. The summed E-state index contributed by atoms with van der Waals surface area (Å²) in [5.41, 5.74) is 4.91. The molecule has 4 aromatic rings. The number of para-hydroxylation sites is 1. The molecule has 5 rings (SSSR count). The fourth-order valence-corrected chi connectivity index (χ4v) is 4.98. The van der Waals surface area contributed by atoms with E-state index in [-0.39, 0.29) is 11.8 Å². The minimum Gasteiger partial charge on any atom is -0.340 e. The largest absolute Gasteiger partial charge is 0.340 e. The Bertz CT molecular complexity index is 1250. The number of nitrogens with zero attached hydrogens (tertiary/aromatic N) is 1. The summed E-state index contributed by atoms with van der Waals surface area (Å²) in [6.07, 6.45) is 0.984. The number of carbonyl (C=O) groups is 2. The van der Waals surface area contributed by atoms with Crippen molar-refractivity contribution in [2.45, 2.75) is 19.9 Å². The topological polar surface area (TPSA) is 63.1 Å². The number of aryl methyl sites for hydroxylation is 1. The van der Waals surface area contributed by atoms with Crippen LogP contribution in [0, 0.1) is 0 Å². The summed E-state index contributed by atoms with van der Waals surface area (Å²) in [5.74, 6) is -0.611. The Morgan fingerprint density at radius 2 is 1.90 bits per heavy atom. The molecule has 1 aliphatic rings. The molecule has 2 aromatic carbocycles. The predicted octanol–water partition coefficient (Wildman–Crippen LogP) is 4.41. The van der Waals surface area contributed by atoms with Crippen molar-refractivity contribution in [1.82, 2.24) is 15.2 Å². The van der Waals surface area contributed by atoms with E-state index in [2.05, 4.69) is 34.3 Å². The first-order valence-electron chi connectivity index (χ1n) is 9.87. The lowest BCUT2D eigenvalue weighted by Crippen LogP contribution is -2.20. The number of aromatic nitrogens is 1. The van der Waals surface area contributed by atoms with Gasteiger partial charge in [-0.25, -0.2) is 0 Å². The number of thiophene rings is 1. The highest BCUT2D eigenvalue weighted by atomic mass is 32.1. The molecule has 0 unspecified atom stereocenters. The Morgan fingerprint density at radius 1 is 1.07 bits per heavy atom. The maximum atomic E-state index is 12.8. The zero-order valence-corrected chi connectivity index (χ0v) is 16.9. The van der Waals surface area contributed by atoms with Gasteiger partial charge in [0.05, 0.1) is 16.6 Å². The maximum absolute atomic E-state index is 12.8. The molecule has 6 heteroatoms. The minimum absolute atomic E-state index is 0.303. The number of carbonyl (C=O) groups excluding carboxylic acids is 2. The quantitative estimate of drug-likeness (QED) is 0.370. The van der Waals surface area contributed by atoms with Gasteiger partial charge in [-0.15, -0.1) is 0 Å².